The fourth-order valence-electron chi connectivity index (χ4n) is 1.57. The zero-order chi connectivity index (χ0) is 12.0. The molecule has 0 fully saturated rings. The second-order valence-corrected chi connectivity index (χ2v) is 3.78. The first kappa shape index (κ1) is 11.1. The number of fused-ring (bicyclic) bond motifs is 1. The highest BCUT2D eigenvalue weighted by Gasteiger charge is 2.19. The molecule has 4 nitrogen and oxygen atoms in total. The number of hydrogen-bond donors (Lipinski definition) is 0. The van der Waals surface area contributed by atoms with E-state index in [0.717, 1.165) is 6.07 Å². The lowest BCUT2D eigenvalue weighted by molar-refractivity contribution is 0.0703. The zero-order valence-corrected chi connectivity index (χ0v) is 9.29. The number of aryl methyl sites for hydroxylation is 2. The highest BCUT2D eigenvalue weighted by molar-refractivity contribution is 6.34. The molecule has 16 heavy (non-hydrogen) atoms. The molecule has 0 aliphatic carbocycles. The molecule has 86 valence electrons. The summed E-state index contributed by atoms with van der Waals surface area (Å²) < 4.78 is 27.3. The molecule has 0 atom stereocenters. The SMILES string of the molecule is Cc1nc2c(Cl)cc(=O)n(C(F)F)c2n1C. The van der Waals surface area contributed by atoms with E-state index in [1.165, 1.54) is 4.57 Å². The fourth-order valence-corrected chi connectivity index (χ4v) is 1.79. The van der Waals surface area contributed by atoms with Gasteiger partial charge >= 0.3 is 6.55 Å². The van der Waals surface area contributed by atoms with Crippen molar-refractivity contribution in [1.29, 1.82) is 0 Å². The molecular formula is C9H8ClF2N3O. The summed E-state index contributed by atoms with van der Waals surface area (Å²) in [6.45, 7) is -1.27. The second kappa shape index (κ2) is 3.55. The summed E-state index contributed by atoms with van der Waals surface area (Å²) in [4.78, 5) is 15.4. The maximum absolute atomic E-state index is 12.8. The third-order valence-corrected chi connectivity index (χ3v) is 2.71. The molecule has 7 heteroatoms. The van der Waals surface area contributed by atoms with Crippen LogP contribution in [0.15, 0.2) is 10.9 Å². The number of pyridine rings is 1. The van der Waals surface area contributed by atoms with Crippen molar-refractivity contribution >= 4 is 22.8 Å². The summed E-state index contributed by atoms with van der Waals surface area (Å²) in [6.07, 6.45) is 0. The average Bonchev–Trinajstić information content (AvgIpc) is 2.45. The number of nitrogens with zero attached hydrogens (tertiary/aromatic N) is 3. The van der Waals surface area contributed by atoms with Crippen molar-refractivity contribution in [2.24, 2.45) is 7.05 Å². The average molecular weight is 248 g/mol. The molecule has 2 aromatic rings. The molecule has 0 saturated heterocycles. The predicted octanol–water partition coefficient (Wildman–Crippen LogP) is 2.09. The summed E-state index contributed by atoms with van der Waals surface area (Å²) in [5.41, 5.74) is -0.595. The van der Waals surface area contributed by atoms with Crippen LogP contribution in [0, 0.1) is 6.92 Å². The van der Waals surface area contributed by atoms with Crippen LogP contribution < -0.4 is 5.56 Å². The largest absolute Gasteiger partial charge is 0.322 e. The number of imidazole rings is 1. The van der Waals surface area contributed by atoms with Crippen molar-refractivity contribution in [2.45, 2.75) is 13.5 Å². The van der Waals surface area contributed by atoms with E-state index < -0.39 is 12.1 Å². The van der Waals surface area contributed by atoms with Crippen molar-refractivity contribution in [1.82, 2.24) is 14.1 Å². The highest BCUT2D eigenvalue weighted by atomic mass is 35.5. The van der Waals surface area contributed by atoms with Crippen molar-refractivity contribution in [3.63, 3.8) is 0 Å². The third-order valence-electron chi connectivity index (χ3n) is 2.43. The Morgan fingerprint density at radius 2 is 2.12 bits per heavy atom. The van der Waals surface area contributed by atoms with Gasteiger partial charge in [-0.15, -0.1) is 0 Å². The Morgan fingerprint density at radius 3 is 2.69 bits per heavy atom. The van der Waals surface area contributed by atoms with Gasteiger partial charge in [0.05, 0.1) is 5.02 Å². The molecule has 2 heterocycles. The number of aromatic nitrogens is 3. The van der Waals surface area contributed by atoms with Crippen LogP contribution in [0.5, 0.6) is 0 Å². The van der Waals surface area contributed by atoms with Gasteiger partial charge in [-0.05, 0) is 6.92 Å². The van der Waals surface area contributed by atoms with E-state index in [0.29, 0.717) is 10.4 Å². The number of rotatable bonds is 1. The molecule has 0 spiro atoms. The Bertz CT molecular complexity index is 617. The molecule has 0 aromatic carbocycles. The van der Waals surface area contributed by atoms with Gasteiger partial charge in [0, 0.05) is 13.1 Å². The minimum Gasteiger partial charge on any atom is -0.317 e. The highest BCUT2D eigenvalue weighted by Crippen LogP contribution is 2.24. The first-order valence-electron chi connectivity index (χ1n) is 4.45. The summed E-state index contributed by atoms with van der Waals surface area (Å²) in [6, 6.07) is 0.947. The van der Waals surface area contributed by atoms with E-state index in [-0.39, 0.29) is 16.2 Å². The molecule has 0 radical (unpaired) electrons. The van der Waals surface area contributed by atoms with E-state index in [2.05, 4.69) is 4.98 Å². The summed E-state index contributed by atoms with van der Waals surface area (Å²) in [5, 5.41) is 0.0839. The molecule has 0 bridgehead atoms. The van der Waals surface area contributed by atoms with E-state index in [1.54, 1.807) is 14.0 Å². The number of halogens is 3. The van der Waals surface area contributed by atoms with Crippen LogP contribution in [-0.2, 0) is 7.05 Å². The summed E-state index contributed by atoms with van der Waals surface area (Å²) in [7, 11) is 1.55. The predicted molar refractivity (Wildman–Crippen MR) is 56.0 cm³/mol. The Hall–Kier alpha value is -1.43. The normalized spacial score (nSPS) is 11.6. The molecule has 2 rings (SSSR count). The molecule has 2 aromatic heterocycles. The van der Waals surface area contributed by atoms with Gasteiger partial charge in [0.1, 0.15) is 17.0 Å². The van der Waals surface area contributed by atoms with E-state index in [4.69, 9.17) is 11.6 Å². The zero-order valence-electron chi connectivity index (χ0n) is 8.54. The van der Waals surface area contributed by atoms with Crippen LogP contribution in [0.3, 0.4) is 0 Å². The van der Waals surface area contributed by atoms with Gasteiger partial charge in [0.2, 0.25) is 0 Å². The maximum Gasteiger partial charge on any atom is 0.322 e. The Kier molecular flexibility index (Phi) is 2.46. The maximum atomic E-state index is 12.8. The lowest BCUT2D eigenvalue weighted by atomic mass is 10.4. The fraction of sp³-hybridized carbons (Fsp3) is 0.333. The van der Waals surface area contributed by atoms with Crippen molar-refractivity contribution < 1.29 is 8.78 Å². The standard InChI is InChI=1S/C9H8ClF2N3O/c1-4-13-7-5(10)3-6(16)15(9(11)12)8(7)14(4)2/h3,9H,1-2H3. The van der Waals surface area contributed by atoms with Gasteiger partial charge in [-0.1, -0.05) is 11.6 Å². The van der Waals surface area contributed by atoms with Crippen molar-refractivity contribution in [3.8, 4) is 0 Å². The van der Waals surface area contributed by atoms with Gasteiger partial charge in [0.15, 0.2) is 0 Å². The molecule has 0 amide bonds. The van der Waals surface area contributed by atoms with Crippen molar-refractivity contribution in [2.75, 3.05) is 0 Å². The first-order chi connectivity index (χ1) is 7.43. The summed E-state index contributed by atoms with van der Waals surface area (Å²) in [5.74, 6) is 0.511. The van der Waals surface area contributed by atoms with Gasteiger partial charge in [-0.2, -0.15) is 8.78 Å². The van der Waals surface area contributed by atoms with Crippen LogP contribution in [0.2, 0.25) is 5.02 Å². The third kappa shape index (κ3) is 1.41. The smallest absolute Gasteiger partial charge is 0.317 e. The minimum absolute atomic E-state index is 0.0324. The van der Waals surface area contributed by atoms with Gasteiger partial charge in [-0.3, -0.25) is 4.79 Å². The molecule has 0 saturated carbocycles. The first-order valence-corrected chi connectivity index (χ1v) is 4.83. The molecule has 0 aliphatic heterocycles. The number of alkyl halides is 2. The minimum atomic E-state index is -2.91. The Labute approximate surface area is 94.1 Å². The van der Waals surface area contributed by atoms with Gasteiger partial charge in [-0.25, -0.2) is 9.55 Å². The van der Waals surface area contributed by atoms with E-state index in [9.17, 15) is 13.6 Å². The lowest BCUT2D eigenvalue weighted by Gasteiger charge is -2.08. The lowest BCUT2D eigenvalue weighted by Crippen LogP contribution is -2.21. The Balaban J connectivity index is 3.04. The summed E-state index contributed by atoms with van der Waals surface area (Å²) >= 11 is 5.79. The van der Waals surface area contributed by atoms with Crippen molar-refractivity contribution in [3.05, 3.63) is 27.3 Å². The molecule has 0 N–H and O–H groups in total. The monoisotopic (exact) mass is 247 g/mol. The molecular weight excluding hydrogens is 240 g/mol. The molecule has 0 aliphatic rings. The second-order valence-electron chi connectivity index (χ2n) is 3.37. The topological polar surface area (TPSA) is 39.8 Å². The quantitative estimate of drug-likeness (QED) is 0.774. The van der Waals surface area contributed by atoms with Crippen LogP contribution in [-0.4, -0.2) is 14.1 Å². The number of hydrogen-bond acceptors (Lipinski definition) is 2. The Morgan fingerprint density at radius 1 is 1.50 bits per heavy atom. The van der Waals surface area contributed by atoms with Crippen LogP contribution in [0.4, 0.5) is 8.78 Å². The van der Waals surface area contributed by atoms with Crippen LogP contribution in [0.1, 0.15) is 12.4 Å². The van der Waals surface area contributed by atoms with Gasteiger partial charge < -0.3 is 4.57 Å². The van der Waals surface area contributed by atoms with Crippen LogP contribution in [0.25, 0.3) is 11.2 Å². The molecule has 0 unspecified atom stereocenters. The van der Waals surface area contributed by atoms with Crippen LogP contribution >= 0.6 is 11.6 Å². The van der Waals surface area contributed by atoms with E-state index in [1.807, 2.05) is 0 Å². The van der Waals surface area contributed by atoms with Gasteiger partial charge in [0.25, 0.3) is 5.56 Å². The van der Waals surface area contributed by atoms with E-state index >= 15 is 0 Å².